The van der Waals surface area contributed by atoms with E-state index >= 15 is 0 Å². The zero-order valence-electron chi connectivity index (χ0n) is 12.8. The number of halogens is 2. The van der Waals surface area contributed by atoms with Crippen LogP contribution in [0, 0.1) is 5.82 Å². The van der Waals surface area contributed by atoms with Gasteiger partial charge in [-0.05, 0) is 18.2 Å². The first-order valence-corrected chi connectivity index (χ1v) is 9.13. The summed E-state index contributed by atoms with van der Waals surface area (Å²) in [5.41, 5.74) is 3.60. The molecule has 0 saturated heterocycles. The van der Waals surface area contributed by atoms with Crippen molar-refractivity contribution in [3.8, 4) is 23.0 Å². The molecule has 0 aliphatic carbocycles. The molecule has 0 aliphatic rings. The molecule has 0 atom stereocenters. The zero-order valence-corrected chi connectivity index (χ0v) is 15.2. The second kappa shape index (κ2) is 6.81. The molecule has 25 heavy (non-hydrogen) atoms. The molecule has 0 N–H and O–H groups in total. The van der Waals surface area contributed by atoms with Crippen LogP contribution in [0.5, 0.6) is 0 Å². The predicted octanol–water partition coefficient (Wildman–Crippen LogP) is 4.41. The lowest BCUT2D eigenvalue weighted by Crippen LogP contribution is -2.06. The Bertz CT molecular complexity index is 1020. The Labute approximate surface area is 155 Å². The van der Waals surface area contributed by atoms with Crippen molar-refractivity contribution in [2.24, 2.45) is 0 Å². The number of hydrogen-bond donors (Lipinski definition) is 0. The predicted molar refractivity (Wildman–Crippen MR) is 97.6 cm³/mol. The third kappa shape index (κ3) is 3.35. The summed E-state index contributed by atoms with van der Waals surface area (Å²) in [5.74, 6) is 0.781. The van der Waals surface area contributed by atoms with Crippen molar-refractivity contribution >= 4 is 27.3 Å². The number of thiazole rings is 1. The minimum atomic E-state index is -0.277. The maximum absolute atomic E-state index is 14.1. The molecule has 1 aromatic carbocycles. The van der Waals surface area contributed by atoms with Gasteiger partial charge in [0.15, 0.2) is 5.82 Å². The van der Waals surface area contributed by atoms with Crippen LogP contribution in [0.25, 0.3) is 23.0 Å². The van der Waals surface area contributed by atoms with Gasteiger partial charge in [0, 0.05) is 21.6 Å². The van der Waals surface area contributed by atoms with Crippen molar-refractivity contribution in [2.45, 2.75) is 6.54 Å². The van der Waals surface area contributed by atoms with Gasteiger partial charge in [0.25, 0.3) is 0 Å². The highest BCUT2D eigenvalue weighted by Gasteiger charge is 2.17. The first kappa shape index (κ1) is 16.0. The molecule has 8 heteroatoms. The Morgan fingerprint density at radius 2 is 2.00 bits per heavy atom. The smallest absolute Gasteiger partial charge is 0.201 e. The second-order valence-corrected chi connectivity index (χ2v) is 6.88. The summed E-state index contributed by atoms with van der Waals surface area (Å²) in [6.07, 6.45) is 1.68. The molecule has 5 nitrogen and oxygen atoms in total. The number of pyridine rings is 1. The van der Waals surface area contributed by atoms with Crippen molar-refractivity contribution in [2.75, 3.05) is 0 Å². The van der Waals surface area contributed by atoms with Gasteiger partial charge in [-0.25, -0.2) is 19.0 Å². The normalized spacial score (nSPS) is 11.0. The first-order chi connectivity index (χ1) is 12.2. The number of aromatic nitrogens is 5. The highest BCUT2D eigenvalue weighted by Crippen LogP contribution is 2.24. The van der Waals surface area contributed by atoms with E-state index in [0.29, 0.717) is 28.6 Å². The lowest BCUT2D eigenvalue weighted by atomic mass is 10.2. The van der Waals surface area contributed by atoms with Crippen LogP contribution in [0.1, 0.15) is 5.56 Å². The van der Waals surface area contributed by atoms with E-state index in [1.165, 1.54) is 17.4 Å². The Hall–Kier alpha value is -2.45. The first-order valence-electron chi connectivity index (χ1n) is 7.39. The van der Waals surface area contributed by atoms with Gasteiger partial charge in [0.1, 0.15) is 17.2 Å². The molecule has 124 valence electrons. The van der Waals surface area contributed by atoms with E-state index in [-0.39, 0.29) is 12.4 Å². The quantitative estimate of drug-likeness (QED) is 0.495. The van der Waals surface area contributed by atoms with E-state index < -0.39 is 0 Å². The standard InChI is InChI=1S/C17H11BrFN5S/c18-12-5-6-20-14(7-12)17-22-16(15-9-25-10-21-15)23-24(17)8-11-3-1-2-4-13(11)19/h1-7,9-10H,8H2. The molecule has 0 spiro atoms. The van der Waals surface area contributed by atoms with Crippen molar-refractivity contribution in [3.05, 3.63) is 69.3 Å². The summed E-state index contributed by atoms with van der Waals surface area (Å²) in [6, 6.07) is 10.3. The number of benzene rings is 1. The second-order valence-electron chi connectivity index (χ2n) is 5.24. The van der Waals surface area contributed by atoms with Gasteiger partial charge in [-0.2, -0.15) is 0 Å². The monoisotopic (exact) mass is 415 g/mol. The molecule has 4 rings (SSSR count). The topological polar surface area (TPSA) is 56.5 Å². The molecule has 0 radical (unpaired) electrons. The lowest BCUT2D eigenvalue weighted by molar-refractivity contribution is 0.587. The van der Waals surface area contributed by atoms with E-state index in [0.717, 1.165) is 4.47 Å². The summed E-state index contributed by atoms with van der Waals surface area (Å²) < 4.78 is 16.6. The summed E-state index contributed by atoms with van der Waals surface area (Å²) >= 11 is 4.91. The van der Waals surface area contributed by atoms with E-state index in [2.05, 4.69) is 36.0 Å². The van der Waals surface area contributed by atoms with Gasteiger partial charge in [0.2, 0.25) is 5.82 Å². The molecule has 3 heterocycles. The molecule has 0 bridgehead atoms. The third-order valence-corrected chi connectivity index (χ3v) is 4.64. The highest BCUT2D eigenvalue weighted by atomic mass is 79.9. The van der Waals surface area contributed by atoms with Crippen molar-refractivity contribution in [1.29, 1.82) is 0 Å². The summed E-state index contributed by atoms with van der Waals surface area (Å²) in [6.45, 7) is 0.257. The van der Waals surface area contributed by atoms with Crippen molar-refractivity contribution < 1.29 is 4.39 Å². The van der Waals surface area contributed by atoms with Gasteiger partial charge in [0.05, 0.1) is 12.1 Å². The fourth-order valence-electron chi connectivity index (χ4n) is 2.39. The largest absolute Gasteiger partial charge is 0.253 e. The molecular formula is C17H11BrFN5S. The Morgan fingerprint density at radius 3 is 2.76 bits per heavy atom. The third-order valence-electron chi connectivity index (χ3n) is 3.56. The van der Waals surface area contributed by atoms with Crippen LogP contribution in [-0.2, 0) is 6.54 Å². The van der Waals surface area contributed by atoms with Crippen LogP contribution in [0.4, 0.5) is 4.39 Å². The van der Waals surface area contributed by atoms with Crippen LogP contribution in [0.3, 0.4) is 0 Å². The van der Waals surface area contributed by atoms with E-state index in [4.69, 9.17) is 0 Å². The molecule has 0 aliphatic heterocycles. The van der Waals surface area contributed by atoms with Gasteiger partial charge >= 0.3 is 0 Å². The van der Waals surface area contributed by atoms with Gasteiger partial charge < -0.3 is 0 Å². The van der Waals surface area contributed by atoms with Gasteiger partial charge in [-0.3, -0.25) is 4.98 Å². The Balaban J connectivity index is 1.82. The molecular weight excluding hydrogens is 405 g/mol. The lowest BCUT2D eigenvalue weighted by Gasteiger charge is -2.06. The average Bonchev–Trinajstić information content (AvgIpc) is 3.26. The summed E-state index contributed by atoms with van der Waals surface area (Å²) in [4.78, 5) is 13.2. The minimum absolute atomic E-state index is 0.257. The van der Waals surface area contributed by atoms with Crippen molar-refractivity contribution in [1.82, 2.24) is 24.7 Å². The Morgan fingerprint density at radius 1 is 1.12 bits per heavy atom. The Kier molecular flexibility index (Phi) is 4.37. The molecule has 0 fully saturated rings. The van der Waals surface area contributed by atoms with E-state index in [9.17, 15) is 4.39 Å². The highest BCUT2D eigenvalue weighted by molar-refractivity contribution is 9.10. The van der Waals surface area contributed by atoms with E-state index in [1.54, 1.807) is 34.6 Å². The number of hydrogen-bond acceptors (Lipinski definition) is 5. The zero-order chi connectivity index (χ0) is 17.2. The average molecular weight is 416 g/mol. The van der Waals surface area contributed by atoms with Crippen LogP contribution in [0.15, 0.2) is 58.0 Å². The summed E-state index contributed by atoms with van der Waals surface area (Å²) in [5, 5.41) is 6.40. The SMILES string of the molecule is Fc1ccccc1Cn1nc(-c2cscn2)nc1-c1cc(Br)ccn1. The minimum Gasteiger partial charge on any atom is -0.253 e. The van der Waals surface area contributed by atoms with Crippen molar-refractivity contribution in [3.63, 3.8) is 0 Å². The molecule has 0 amide bonds. The van der Waals surface area contributed by atoms with Gasteiger partial charge in [-0.1, -0.05) is 34.1 Å². The maximum Gasteiger partial charge on any atom is 0.201 e. The molecule has 0 unspecified atom stereocenters. The van der Waals surface area contributed by atoms with Crippen LogP contribution < -0.4 is 0 Å². The number of rotatable bonds is 4. The van der Waals surface area contributed by atoms with Crippen LogP contribution in [-0.4, -0.2) is 24.7 Å². The van der Waals surface area contributed by atoms with Crippen LogP contribution in [0.2, 0.25) is 0 Å². The fraction of sp³-hybridized carbons (Fsp3) is 0.0588. The summed E-state index contributed by atoms with van der Waals surface area (Å²) in [7, 11) is 0. The number of nitrogens with zero attached hydrogens (tertiary/aromatic N) is 5. The van der Waals surface area contributed by atoms with E-state index in [1.807, 2.05) is 17.5 Å². The molecule has 4 aromatic rings. The maximum atomic E-state index is 14.1. The fourth-order valence-corrected chi connectivity index (χ4v) is 3.25. The van der Waals surface area contributed by atoms with Crippen LogP contribution >= 0.6 is 27.3 Å². The van der Waals surface area contributed by atoms with Gasteiger partial charge in [-0.15, -0.1) is 16.4 Å². The molecule has 0 saturated carbocycles. The molecule has 3 aromatic heterocycles.